The Hall–Kier alpha value is -3.02. The molecule has 0 radical (unpaired) electrons. The molecule has 0 fully saturated rings. The Kier molecular flexibility index (Phi) is 4.12. The monoisotopic (exact) mass is 339 g/mol. The van der Waals surface area contributed by atoms with Crippen molar-refractivity contribution in [2.45, 2.75) is 20.8 Å². The van der Waals surface area contributed by atoms with Gasteiger partial charge >= 0.3 is 0 Å². The van der Waals surface area contributed by atoms with Gasteiger partial charge in [0, 0.05) is 12.7 Å². The second-order valence-electron chi connectivity index (χ2n) is 6.16. The fourth-order valence-electron chi connectivity index (χ4n) is 2.68. The SMILES string of the molecule is Cc1cc2nc(C(=O)Nc3ccc(F)cc3C)c(=O)n(C)c2cc1C. The third-order valence-electron chi connectivity index (χ3n) is 4.34. The molecule has 3 rings (SSSR count). The standard InChI is InChI=1S/C19H18FN3O2/c1-10-8-15-16(9-11(10)2)23(4)19(25)17(21-15)18(24)22-14-6-5-13(20)7-12(14)3/h5-9H,1-4H3,(H,22,24). The van der Waals surface area contributed by atoms with E-state index in [-0.39, 0.29) is 11.5 Å². The summed E-state index contributed by atoms with van der Waals surface area (Å²) in [5.41, 5.74) is 3.65. The Morgan fingerprint density at radius 2 is 1.76 bits per heavy atom. The minimum absolute atomic E-state index is 0.193. The second kappa shape index (κ2) is 6.12. The molecular formula is C19H18FN3O2. The second-order valence-corrected chi connectivity index (χ2v) is 6.16. The summed E-state index contributed by atoms with van der Waals surface area (Å²) in [6.07, 6.45) is 0. The maximum atomic E-state index is 13.2. The molecule has 0 aliphatic carbocycles. The van der Waals surface area contributed by atoms with E-state index in [1.807, 2.05) is 26.0 Å². The maximum absolute atomic E-state index is 13.2. The van der Waals surface area contributed by atoms with Crippen molar-refractivity contribution in [3.63, 3.8) is 0 Å². The van der Waals surface area contributed by atoms with Gasteiger partial charge in [0.1, 0.15) is 5.82 Å². The predicted octanol–water partition coefficient (Wildman–Crippen LogP) is 3.25. The van der Waals surface area contributed by atoms with E-state index in [1.54, 1.807) is 14.0 Å². The topological polar surface area (TPSA) is 64.0 Å². The summed E-state index contributed by atoms with van der Waals surface area (Å²) in [7, 11) is 1.61. The van der Waals surface area contributed by atoms with Gasteiger partial charge < -0.3 is 9.88 Å². The molecule has 0 aliphatic rings. The number of carbonyl (C=O) groups excluding carboxylic acids is 1. The van der Waals surface area contributed by atoms with Crippen molar-refractivity contribution < 1.29 is 9.18 Å². The van der Waals surface area contributed by atoms with Gasteiger partial charge in [0.25, 0.3) is 11.5 Å². The number of nitrogens with one attached hydrogen (secondary N) is 1. The average molecular weight is 339 g/mol. The van der Waals surface area contributed by atoms with Crippen LogP contribution in [0.15, 0.2) is 35.1 Å². The number of benzene rings is 2. The lowest BCUT2D eigenvalue weighted by molar-refractivity contribution is 0.102. The Labute approximate surface area is 144 Å². The van der Waals surface area contributed by atoms with E-state index in [9.17, 15) is 14.0 Å². The number of fused-ring (bicyclic) bond motifs is 1. The van der Waals surface area contributed by atoms with Crippen molar-refractivity contribution in [1.29, 1.82) is 0 Å². The number of nitrogens with zero attached hydrogens (tertiary/aromatic N) is 2. The van der Waals surface area contributed by atoms with Gasteiger partial charge in [-0.15, -0.1) is 0 Å². The first-order valence-corrected chi connectivity index (χ1v) is 7.83. The molecule has 2 aromatic carbocycles. The quantitative estimate of drug-likeness (QED) is 0.779. The average Bonchev–Trinajstić information content (AvgIpc) is 2.55. The fraction of sp³-hybridized carbons (Fsp3) is 0.211. The highest BCUT2D eigenvalue weighted by Crippen LogP contribution is 2.18. The van der Waals surface area contributed by atoms with Crippen molar-refractivity contribution in [2.75, 3.05) is 5.32 Å². The van der Waals surface area contributed by atoms with Crippen LogP contribution in [0.4, 0.5) is 10.1 Å². The molecule has 0 saturated heterocycles. The van der Waals surface area contributed by atoms with Gasteiger partial charge in [-0.2, -0.15) is 0 Å². The highest BCUT2D eigenvalue weighted by molar-refractivity contribution is 6.04. The van der Waals surface area contributed by atoms with Crippen molar-refractivity contribution in [3.8, 4) is 0 Å². The molecule has 0 aliphatic heterocycles. The molecule has 0 saturated carbocycles. The summed E-state index contributed by atoms with van der Waals surface area (Å²) in [4.78, 5) is 29.3. The van der Waals surface area contributed by atoms with E-state index in [0.717, 1.165) is 11.1 Å². The molecule has 0 atom stereocenters. The first-order valence-electron chi connectivity index (χ1n) is 7.83. The Morgan fingerprint density at radius 1 is 1.08 bits per heavy atom. The molecule has 5 nitrogen and oxygen atoms in total. The van der Waals surface area contributed by atoms with Gasteiger partial charge in [-0.05, 0) is 67.8 Å². The van der Waals surface area contributed by atoms with Gasteiger partial charge in [0.05, 0.1) is 11.0 Å². The molecule has 1 N–H and O–H groups in total. The number of rotatable bonds is 2. The lowest BCUT2D eigenvalue weighted by Gasteiger charge is -2.11. The van der Waals surface area contributed by atoms with Crippen LogP contribution in [0, 0.1) is 26.6 Å². The van der Waals surface area contributed by atoms with Gasteiger partial charge in [-0.25, -0.2) is 9.37 Å². The molecule has 128 valence electrons. The number of hydrogen-bond acceptors (Lipinski definition) is 3. The Bertz CT molecular complexity index is 1070. The van der Waals surface area contributed by atoms with E-state index in [2.05, 4.69) is 10.3 Å². The molecule has 6 heteroatoms. The first kappa shape index (κ1) is 16.8. The van der Waals surface area contributed by atoms with Crippen molar-refractivity contribution in [1.82, 2.24) is 9.55 Å². The van der Waals surface area contributed by atoms with E-state index in [0.29, 0.717) is 22.3 Å². The van der Waals surface area contributed by atoms with Gasteiger partial charge in [-0.3, -0.25) is 9.59 Å². The summed E-state index contributed by atoms with van der Waals surface area (Å²) in [6.45, 7) is 5.58. The minimum atomic E-state index is -0.615. The summed E-state index contributed by atoms with van der Waals surface area (Å²) in [6, 6.07) is 7.75. The summed E-state index contributed by atoms with van der Waals surface area (Å²) in [5.74, 6) is -1.00. The van der Waals surface area contributed by atoms with Gasteiger partial charge in [-0.1, -0.05) is 0 Å². The highest BCUT2D eigenvalue weighted by Gasteiger charge is 2.17. The van der Waals surface area contributed by atoms with Crippen LogP contribution in [0.25, 0.3) is 11.0 Å². The number of carbonyl (C=O) groups is 1. The lowest BCUT2D eigenvalue weighted by Crippen LogP contribution is -2.30. The first-order chi connectivity index (χ1) is 11.8. The normalized spacial score (nSPS) is 10.9. The van der Waals surface area contributed by atoms with Crippen LogP contribution in [-0.2, 0) is 7.05 Å². The third kappa shape index (κ3) is 3.03. The number of halogens is 1. The van der Waals surface area contributed by atoms with Crippen LogP contribution in [0.1, 0.15) is 27.2 Å². The zero-order valence-corrected chi connectivity index (χ0v) is 14.5. The molecule has 0 spiro atoms. The van der Waals surface area contributed by atoms with E-state index >= 15 is 0 Å². The number of hydrogen-bond donors (Lipinski definition) is 1. The minimum Gasteiger partial charge on any atom is -0.320 e. The van der Waals surface area contributed by atoms with Crippen LogP contribution in [-0.4, -0.2) is 15.5 Å². The summed E-state index contributed by atoms with van der Waals surface area (Å²) in [5, 5.41) is 2.63. The molecule has 1 aromatic heterocycles. The third-order valence-corrected chi connectivity index (χ3v) is 4.34. The Balaban J connectivity index is 2.08. The van der Waals surface area contributed by atoms with Crippen molar-refractivity contribution in [2.24, 2.45) is 7.05 Å². The van der Waals surface area contributed by atoms with Crippen LogP contribution in [0.5, 0.6) is 0 Å². The molecule has 0 unspecified atom stereocenters. The fourth-order valence-corrected chi connectivity index (χ4v) is 2.68. The number of aromatic nitrogens is 2. The molecule has 0 bridgehead atoms. The van der Waals surface area contributed by atoms with Crippen LogP contribution in [0.2, 0.25) is 0 Å². The van der Waals surface area contributed by atoms with Gasteiger partial charge in [0.15, 0.2) is 5.69 Å². The van der Waals surface area contributed by atoms with E-state index in [4.69, 9.17) is 0 Å². The smallest absolute Gasteiger partial charge is 0.282 e. The maximum Gasteiger partial charge on any atom is 0.282 e. The molecular weight excluding hydrogens is 321 g/mol. The Morgan fingerprint density at radius 3 is 2.44 bits per heavy atom. The van der Waals surface area contributed by atoms with Crippen LogP contribution in [0.3, 0.4) is 0 Å². The van der Waals surface area contributed by atoms with Gasteiger partial charge in [0.2, 0.25) is 0 Å². The van der Waals surface area contributed by atoms with Crippen molar-refractivity contribution >= 4 is 22.6 Å². The summed E-state index contributed by atoms with van der Waals surface area (Å²) < 4.78 is 14.6. The lowest BCUT2D eigenvalue weighted by atomic mass is 10.1. The summed E-state index contributed by atoms with van der Waals surface area (Å²) >= 11 is 0. The van der Waals surface area contributed by atoms with Crippen LogP contribution < -0.4 is 10.9 Å². The molecule has 25 heavy (non-hydrogen) atoms. The van der Waals surface area contributed by atoms with E-state index < -0.39 is 11.5 Å². The van der Waals surface area contributed by atoms with Crippen LogP contribution >= 0.6 is 0 Å². The van der Waals surface area contributed by atoms with E-state index in [1.165, 1.54) is 22.8 Å². The number of anilines is 1. The molecule has 1 amide bonds. The highest BCUT2D eigenvalue weighted by atomic mass is 19.1. The molecule has 3 aromatic rings. The predicted molar refractivity (Wildman–Crippen MR) is 95.5 cm³/mol. The number of amides is 1. The zero-order valence-electron chi connectivity index (χ0n) is 14.5. The van der Waals surface area contributed by atoms with Crippen molar-refractivity contribution in [3.05, 3.63) is 68.9 Å². The zero-order chi connectivity index (χ0) is 18.3. The number of aryl methyl sites for hydroxylation is 4. The largest absolute Gasteiger partial charge is 0.320 e. The molecule has 1 heterocycles.